The molecular formula is C12H17NO2. The Labute approximate surface area is 90.1 Å². The number of aliphatic hydroxyl groups is 1. The van der Waals surface area contributed by atoms with E-state index < -0.39 is 0 Å². The summed E-state index contributed by atoms with van der Waals surface area (Å²) < 4.78 is 0. The lowest BCUT2D eigenvalue weighted by molar-refractivity contribution is 0.0921. The van der Waals surface area contributed by atoms with Gasteiger partial charge in [0.25, 0.3) is 5.91 Å². The molecule has 1 atom stereocenters. The van der Waals surface area contributed by atoms with Gasteiger partial charge in [0.2, 0.25) is 0 Å². The first kappa shape index (κ1) is 11.7. The number of benzene rings is 1. The standard InChI is InChI=1S/C12H17NO2/c1-3-10-6-4-5-7-11(10)12(15)13-9(2)8-14/h4-7,9,14H,3,8H2,1-2H3,(H,13,15)/t9-/m1/s1. The van der Waals surface area contributed by atoms with Gasteiger partial charge in [-0.15, -0.1) is 0 Å². The lowest BCUT2D eigenvalue weighted by Crippen LogP contribution is -2.35. The molecule has 0 fully saturated rings. The van der Waals surface area contributed by atoms with Gasteiger partial charge in [0.15, 0.2) is 0 Å². The summed E-state index contributed by atoms with van der Waals surface area (Å²) in [5.41, 5.74) is 1.72. The van der Waals surface area contributed by atoms with E-state index in [1.54, 1.807) is 13.0 Å². The molecule has 0 heterocycles. The Balaban J connectivity index is 2.81. The second-order valence-corrected chi connectivity index (χ2v) is 3.57. The van der Waals surface area contributed by atoms with E-state index in [0.717, 1.165) is 12.0 Å². The fourth-order valence-electron chi connectivity index (χ4n) is 1.40. The van der Waals surface area contributed by atoms with E-state index in [0.29, 0.717) is 5.56 Å². The van der Waals surface area contributed by atoms with Gasteiger partial charge in [0, 0.05) is 11.6 Å². The Morgan fingerprint density at radius 1 is 1.47 bits per heavy atom. The average Bonchev–Trinajstić information content (AvgIpc) is 2.28. The van der Waals surface area contributed by atoms with Crippen LogP contribution in [0.4, 0.5) is 0 Å². The van der Waals surface area contributed by atoms with Crippen molar-refractivity contribution in [1.82, 2.24) is 5.32 Å². The summed E-state index contributed by atoms with van der Waals surface area (Å²) in [7, 11) is 0. The molecule has 0 aliphatic rings. The molecule has 15 heavy (non-hydrogen) atoms. The molecule has 0 aromatic heterocycles. The van der Waals surface area contributed by atoms with E-state index in [4.69, 9.17) is 5.11 Å². The minimum absolute atomic E-state index is 0.0416. The molecule has 1 amide bonds. The van der Waals surface area contributed by atoms with E-state index in [2.05, 4.69) is 5.32 Å². The molecule has 0 aliphatic carbocycles. The summed E-state index contributed by atoms with van der Waals surface area (Å²) in [5.74, 6) is -0.117. The van der Waals surface area contributed by atoms with Crippen LogP contribution in [0.2, 0.25) is 0 Å². The molecule has 0 saturated heterocycles. The third kappa shape index (κ3) is 3.06. The number of nitrogens with one attached hydrogen (secondary N) is 1. The van der Waals surface area contributed by atoms with Gasteiger partial charge in [-0.1, -0.05) is 25.1 Å². The molecule has 1 rings (SSSR count). The zero-order chi connectivity index (χ0) is 11.3. The molecule has 0 spiro atoms. The summed E-state index contributed by atoms with van der Waals surface area (Å²) in [5, 5.41) is 11.6. The highest BCUT2D eigenvalue weighted by molar-refractivity contribution is 5.95. The fraction of sp³-hybridized carbons (Fsp3) is 0.417. The Morgan fingerprint density at radius 2 is 2.13 bits per heavy atom. The van der Waals surface area contributed by atoms with Crippen LogP contribution >= 0.6 is 0 Å². The molecule has 3 nitrogen and oxygen atoms in total. The molecular weight excluding hydrogens is 190 g/mol. The number of hydrogen-bond donors (Lipinski definition) is 2. The second kappa shape index (κ2) is 5.51. The van der Waals surface area contributed by atoms with Gasteiger partial charge in [-0.25, -0.2) is 0 Å². The van der Waals surface area contributed by atoms with Crippen molar-refractivity contribution in [2.45, 2.75) is 26.3 Å². The highest BCUT2D eigenvalue weighted by atomic mass is 16.3. The fourth-order valence-corrected chi connectivity index (χ4v) is 1.40. The molecule has 2 N–H and O–H groups in total. The maximum absolute atomic E-state index is 11.8. The van der Waals surface area contributed by atoms with Gasteiger partial charge >= 0.3 is 0 Å². The number of carbonyl (C=O) groups is 1. The van der Waals surface area contributed by atoms with Crippen molar-refractivity contribution in [3.63, 3.8) is 0 Å². The maximum atomic E-state index is 11.8. The highest BCUT2D eigenvalue weighted by Gasteiger charge is 2.11. The van der Waals surface area contributed by atoms with Gasteiger partial charge < -0.3 is 10.4 Å². The highest BCUT2D eigenvalue weighted by Crippen LogP contribution is 2.09. The van der Waals surface area contributed by atoms with Crippen molar-refractivity contribution in [2.75, 3.05) is 6.61 Å². The molecule has 0 aliphatic heterocycles. The lowest BCUT2D eigenvalue weighted by atomic mass is 10.0. The topological polar surface area (TPSA) is 49.3 Å². The monoisotopic (exact) mass is 207 g/mol. The van der Waals surface area contributed by atoms with Crippen molar-refractivity contribution in [1.29, 1.82) is 0 Å². The van der Waals surface area contributed by atoms with Crippen molar-refractivity contribution >= 4 is 5.91 Å². The minimum atomic E-state index is -0.206. The van der Waals surface area contributed by atoms with Crippen LogP contribution in [0.3, 0.4) is 0 Å². The summed E-state index contributed by atoms with van der Waals surface area (Å²) in [6, 6.07) is 7.31. The first-order valence-electron chi connectivity index (χ1n) is 5.18. The Hall–Kier alpha value is -1.35. The van der Waals surface area contributed by atoms with E-state index in [1.165, 1.54) is 0 Å². The number of amides is 1. The van der Waals surface area contributed by atoms with Gasteiger partial charge in [0.1, 0.15) is 0 Å². The van der Waals surface area contributed by atoms with E-state index in [1.807, 2.05) is 25.1 Å². The smallest absolute Gasteiger partial charge is 0.251 e. The quantitative estimate of drug-likeness (QED) is 0.783. The van der Waals surface area contributed by atoms with Crippen LogP contribution in [0.5, 0.6) is 0 Å². The number of rotatable bonds is 4. The SMILES string of the molecule is CCc1ccccc1C(=O)N[C@H](C)CO. The molecule has 0 unspecified atom stereocenters. The Bertz CT molecular complexity index is 336. The minimum Gasteiger partial charge on any atom is -0.394 e. The number of carbonyl (C=O) groups excluding carboxylic acids is 1. The molecule has 0 saturated carbocycles. The summed E-state index contributed by atoms with van der Waals surface area (Å²) in [6.07, 6.45) is 0.830. The van der Waals surface area contributed by atoms with Crippen LogP contribution < -0.4 is 5.32 Å². The van der Waals surface area contributed by atoms with Gasteiger partial charge in [-0.2, -0.15) is 0 Å². The van der Waals surface area contributed by atoms with Crippen LogP contribution in [0.25, 0.3) is 0 Å². The molecule has 82 valence electrons. The van der Waals surface area contributed by atoms with Crippen LogP contribution in [0, 0.1) is 0 Å². The van der Waals surface area contributed by atoms with Gasteiger partial charge in [-0.05, 0) is 25.0 Å². The van der Waals surface area contributed by atoms with E-state index >= 15 is 0 Å². The zero-order valence-corrected chi connectivity index (χ0v) is 9.16. The molecule has 1 aromatic rings. The van der Waals surface area contributed by atoms with Crippen LogP contribution in [-0.2, 0) is 6.42 Å². The van der Waals surface area contributed by atoms with E-state index in [9.17, 15) is 4.79 Å². The van der Waals surface area contributed by atoms with Crippen LogP contribution in [0.15, 0.2) is 24.3 Å². The zero-order valence-electron chi connectivity index (χ0n) is 9.16. The first-order valence-corrected chi connectivity index (χ1v) is 5.18. The Kier molecular flexibility index (Phi) is 4.31. The van der Waals surface area contributed by atoms with Crippen molar-refractivity contribution in [2.24, 2.45) is 0 Å². The first-order chi connectivity index (χ1) is 7.19. The van der Waals surface area contributed by atoms with Crippen LogP contribution in [-0.4, -0.2) is 23.7 Å². The van der Waals surface area contributed by atoms with E-state index in [-0.39, 0.29) is 18.6 Å². The van der Waals surface area contributed by atoms with Crippen molar-refractivity contribution in [3.05, 3.63) is 35.4 Å². The molecule has 0 radical (unpaired) electrons. The third-order valence-corrected chi connectivity index (χ3v) is 2.29. The molecule has 1 aromatic carbocycles. The van der Waals surface area contributed by atoms with Gasteiger partial charge in [0.05, 0.1) is 6.61 Å². The summed E-state index contributed by atoms with van der Waals surface area (Å²) >= 11 is 0. The predicted octanol–water partition coefficient (Wildman–Crippen LogP) is 1.36. The molecule has 3 heteroatoms. The third-order valence-electron chi connectivity index (χ3n) is 2.29. The number of aliphatic hydroxyl groups excluding tert-OH is 1. The lowest BCUT2D eigenvalue weighted by Gasteiger charge is -2.12. The summed E-state index contributed by atoms with van der Waals surface area (Å²) in [4.78, 5) is 11.8. The second-order valence-electron chi connectivity index (χ2n) is 3.57. The maximum Gasteiger partial charge on any atom is 0.251 e. The van der Waals surface area contributed by atoms with Crippen molar-refractivity contribution < 1.29 is 9.90 Å². The largest absolute Gasteiger partial charge is 0.394 e. The summed E-state index contributed by atoms with van der Waals surface area (Å²) in [6.45, 7) is 3.74. The normalized spacial score (nSPS) is 12.2. The van der Waals surface area contributed by atoms with Gasteiger partial charge in [-0.3, -0.25) is 4.79 Å². The van der Waals surface area contributed by atoms with Crippen LogP contribution in [0.1, 0.15) is 29.8 Å². The average molecular weight is 207 g/mol. The predicted molar refractivity (Wildman–Crippen MR) is 59.8 cm³/mol. The Morgan fingerprint density at radius 3 is 2.73 bits per heavy atom. The number of aryl methyl sites for hydroxylation is 1. The number of hydrogen-bond acceptors (Lipinski definition) is 2. The van der Waals surface area contributed by atoms with Crippen molar-refractivity contribution in [3.8, 4) is 0 Å². The molecule has 0 bridgehead atoms.